The zero-order chi connectivity index (χ0) is 19.5. The highest BCUT2D eigenvalue weighted by Gasteiger charge is 2.35. The van der Waals surface area contributed by atoms with Crippen molar-refractivity contribution < 1.29 is 14.1 Å². The molecule has 1 atom stereocenters. The van der Waals surface area contributed by atoms with E-state index < -0.39 is 6.04 Å². The number of rotatable bonds is 3. The number of hydrogen-bond acceptors (Lipinski definition) is 6. The number of benzene rings is 1. The highest BCUT2D eigenvalue weighted by Crippen LogP contribution is 2.27. The zero-order valence-electron chi connectivity index (χ0n) is 15.4. The summed E-state index contributed by atoms with van der Waals surface area (Å²) >= 11 is 1.49. The second kappa shape index (κ2) is 7.93. The third kappa shape index (κ3) is 3.68. The van der Waals surface area contributed by atoms with Gasteiger partial charge in [0.25, 0.3) is 17.7 Å². The van der Waals surface area contributed by atoms with Gasteiger partial charge in [0.1, 0.15) is 6.04 Å². The van der Waals surface area contributed by atoms with Crippen molar-refractivity contribution in [1.82, 2.24) is 19.9 Å². The maximum Gasteiger partial charge on any atom is 0.254 e. The van der Waals surface area contributed by atoms with E-state index in [0.717, 1.165) is 0 Å². The average Bonchev–Trinajstić information content (AvgIpc) is 3.35. The number of thiophene rings is 1. The van der Waals surface area contributed by atoms with E-state index in [1.54, 1.807) is 28.9 Å². The Bertz CT molecular complexity index is 955. The van der Waals surface area contributed by atoms with Gasteiger partial charge in [-0.05, 0) is 36.9 Å². The van der Waals surface area contributed by atoms with Gasteiger partial charge in [-0.1, -0.05) is 23.4 Å². The molecule has 1 fully saturated rings. The van der Waals surface area contributed by atoms with Crippen LogP contribution in [0.3, 0.4) is 0 Å². The minimum atomic E-state index is -0.487. The number of hydrogen-bond donors (Lipinski definition) is 0. The minimum absolute atomic E-state index is 0.0449. The average molecular weight is 396 g/mol. The summed E-state index contributed by atoms with van der Waals surface area (Å²) < 4.78 is 5.40. The van der Waals surface area contributed by atoms with Gasteiger partial charge < -0.3 is 14.3 Å². The molecule has 1 unspecified atom stereocenters. The summed E-state index contributed by atoms with van der Waals surface area (Å²) in [5.74, 6) is 0.705. The van der Waals surface area contributed by atoms with Crippen molar-refractivity contribution in [2.45, 2.75) is 19.4 Å². The Morgan fingerprint density at radius 2 is 1.93 bits per heavy atom. The Kier molecular flexibility index (Phi) is 5.21. The predicted octanol–water partition coefficient (Wildman–Crippen LogP) is 3.17. The highest BCUT2D eigenvalue weighted by atomic mass is 32.1. The maximum absolute atomic E-state index is 13.2. The van der Waals surface area contributed by atoms with Gasteiger partial charge >= 0.3 is 0 Å². The number of amides is 2. The standard InChI is InChI=1S/C20H20N4O3S/c1-14-21-18(27-22-14)17-12-23(19(25)16-8-11-28-13-16)9-5-10-24(17)20(26)15-6-3-2-4-7-15/h2-4,6-8,11,13,17H,5,9-10,12H2,1H3. The van der Waals surface area contributed by atoms with Crippen molar-refractivity contribution >= 4 is 23.2 Å². The van der Waals surface area contributed by atoms with Gasteiger partial charge in [0, 0.05) is 24.0 Å². The second-order valence-corrected chi connectivity index (χ2v) is 7.46. The number of aryl methyl sites for hydroxylation is 1. The first-order valence-electron chi connectivity index (χ1n) is 9.11. The third-order valence-electron chi connectivity index (χ3n) is 4.76. The minimum Gasteiger partial charge on any atom is -0.337 e. The summed E-state index contributed by atoms with van der Waals surface area (Å²) in [6.07, 6.45) is 0.679. The molecule has 1 aliphatic heterocycles. The predicted molar refractivity (Wildman–Crippen MR) is 104 cm³/mol. The fraction of sp³-hybridized carbons (Fsp3) is 0.300. The third-order valence-corrected chi connectivity index (χ3v) is 5.45. The van der Waals surface area contributed by atoms with Crippen molar-refractivity contribution in [3.05, 3.63) is 70.0 Å². The Hall–Kier alpha value is -3.00. The van der Waals surface area contributed by atoms with Crippen LogP contribution < -0.4 is 0 Å². The van der Waals surface area contributed by atoms with E-state index in [9.17, 15) is 9.59 Å². The van der Waals surface area contributed by atoms with Crippen LogP contribution in [0.1, 0.15) is 44.9 Å². The quantitative estimate of drug-likeness (QED) is 0.679. The lowest BCUT2D eigenvalue weighted by Gasteiger charge is -2.29. The van der Waals surface area contributed by atoms with Crippen LogP contribution in [0.25, 0.3) is 0 Å². The Morgan fingerprint density at radius 3 is 2.61 bits per heavy atom. The topological polar surface area (TPSA) is 79.5 Å². The molecule has 0 spiro atoms. The molecule has 0 aliphatic carbocycles. The van der Waals surface area contributed by atoms with E-state index in [0.29, 0.717) is 48.9 Å². The van der Waals surface area contributed by atoms with E-state index in [2.05, 4.69) is 10.1 Å². The van der Waals surface area contributed by atoms with Crippen LogP contribution in [-0.2, 0) is 0 Å². The largest absolute Gasteiger partial charge is 0.337 e. The molecule has 7 nitrogen and oxygen atoms in total. The smallest absolute Gasteiger partial charge is 0.254 e. The van der Waals surface area contributed by atoms with Crippen molar-refractivity contribution in [2.24, 2.45) is 0 Å². The summed E-state index contributed by atoms with van der Waals surface area (Å²) in [6, 6.07) is 10.5. The van der Waals surface area contributed by atoms with Gasteiger partial charge in [-0.2, -0.15) is 16.3 Å². The summed E-state index contributed by atoms with van der Waals surface area (Å²) in [7, 11) is 0. The monoisotopic (exact) mass is 396 g/mol. The van der Waals surface area contributed by atoms with E-state index in [-0.39, 0.29) is 11.8 Å². The molecule has 0 N–H and O–H groups in total. The van der Waals surface area contributed by atoms with Gasteiger partial charge in [-0.3, -0.25) is 9.59 Å². The van der Waals surface area contributed by atoms with Gasteiger partial charge in [-0.15, -0.1) is 0 Å². The summed E-state index contributed by atoms with van der Waals surface area (Å²) in [5, 5.41) is 7.61. The first kappa shape index (κ1) is 18.4. The van der Waals surface area contributed by atoms with Crippen LogP contribution in [0.5, 0.6) is 0 Å². The normalized spacial score (nSPS) is 17.4. The van der Waals surface area contributed by atoms with E-state index in [1.807, 2.05) is 35.0 Å². The van der Waals surface area contributed by atoms with Crippen LogP contribution in [0, 0.1) is 6.92 Å². The molecule has 0 radical (unpaired) electrons. The van der Waals surface area contributed by atoms with Gasteiger partial charge in [0.15, 0.2) is 5.82 Å². The molecule has 1 aliphatic rings. The van der Waals surface area contributed by atoms with Crippen LogP contribution >= 0.6 is 11.3 Å². The Labute approximate surface area is 166 Å². The van der Waals surface area contributed by atoms with Crippen molar-refractivity contribution in [1.29, 1.82) is 0 Å². The van der Waals surface area contributed by atoms with Crippen LogP contribution in [0.4, 0.5) is 0 Å². The molecule has 0 bridgehead atoms. The molecule has 0 saturated carbocycles. The summed E-state index contributed by atoms with van der Waals surface area (Å²) in [4.78, 5) is 33.9. The molecule has 4 rings (SSSR count). The number of carbonyl (C=O) groups excluding carboxylic acids is 2. The van der Waals surface area contributed by atoms with Crippen molar-refractivity contribution in [3.63, 3.8) is 0 Å². The Morgan fingerprint density at radius 1 is 1.11 bits per heavy atom. The molecule has 8 heteroatoms. The molecule has 1 saturated heterocycles. The molecular weight excluding hydrogens is 376 g/mol. The first-order valence-corrected chi connectivity index (χ1v) is 10.1. The summed E-state index contributed by atoms with van der Waals surface area (Å²) in [6.45, 7) is 3.13. The molecule has 28 heavy (non-hydrogen) atoms. The zero-order valence-corrected chi connectivity index (χ0v) is 16.3. The van der Waals surface area contributed by atoms with Gasteiger partial charge in [0.2, 0.25) is 0 Å². The lowest BCUT2D eigenvalue weighted by Crippen LogP contribution is -2.40. The number of aromatic nitrogens is 2. The van der Waals surface area contributed by atoms with Crippen LogP contribution in [0.2, 0.25) is 0 Å². The lowest BCUT2D eigenvalue weighted by atomic mass is 10.1. The summed E-state index contributed by atoms with van der Waals surface area (Å²) in [5.41, 5.74) is 1.26. The van der Waals surface area contributed by atoms with Crippen molar-refractivity contribution in [3.8, 4) is 0 Å². The first-order chi connectivity index (χ1) is 13.6. The van der Waals surface area contributed by atoms with E-state index >= 15 is 0 Å². The van der Waals surface area contributed by atoms with E-state index in [1.165, 1.54) is 11.3 Å². The molecule has 2 amide bonds. The van der Waals surface area contributed by atoms with Crippen molar-refractivity contribution in [2.75, 3.05) is 19.6 Å². The van der Waals surface area contributed by atoms with Crippen LogP contribution in [-0.4, -0.2) is 51.4 Å². The second-order valence-electron chi connectivity index (χ2n) is 6.68. The molecule has 2 aromatic heterocycles. The van der Waals surface area contributed by atoms with E-state index in [4.69, 9.17) is 4.52 Å². The lowest BCUT2D eigenvalue weighted by molar-refractivity contribution is 0.0592. The number of nitrogens with zero attached hydrogens (tertiary/aromatic N) is 4. The van der Waals surface area contributed by atoms with Crippen LogP contribution in [0.15, 0.2) is 51.7 Å². The molecule has 1 aromatic carbocycles. The molecule has 3 heterocycles. The molecule has 3 aromatic rings. The number of carbonyl (C=O) groups is 2. The highest BCUT2D eigenvalue weighted by molar-refractivity contribution is 7.08. The van der Waals surface area contributed by atoms with Gasteiger partial charge in [-0.25, -0.2) is 0 Å². The SMILES string of the molecule is Cc1noc(C2CN(C(=O)c3ccsc3)CCCN2C(=O)c2ccccc2)n1. The molecule has 144 valence electrons. The Balaban J connectivity index is 1.66. The van der Waals surface area contributed by atoms with Gasteiger partial charge in [0.05, 0.1) is 12.1 Å². The fourth-order valence-corrected chi connectivity index (χ4v) is 4.02. The molecular formula is C20H20N4O3S. The maximum atomic E-state index is 13.2. The fourth-order valence-electron chi connectivity index (χ4n) is 3.39.